The summed E-state index contributed by atoms with van der Waals surface area (Å²) in [5, 5.41) is 11.4. The molecular weight excluding hydrogens is 218 g/mol. The molecule has 0 amide bonds. The molecule has 0 bridgehead atoms. The Labute approximate surface area is 98.5 Å². The molecule has 88 valence electrons. The number of hydrogen-bond donors (Lipinski definition) is 2. The van der Waals surface area contributed by atoms with E-state index in [9.17, 15) is 0 Å². The Morgan fingerprint density at radius 2 is 2.35 bits per heavy atom. The van der Waals surface area contributed by atoms with E-state index < -0.39 is 0 Å². The molecule has 0 fully saturated rings. The zero-order chi connectivity index (χ0) is 12.3. The number of aromatic nitrogens is 3. The number of methoxy groups -OCH3 is 1. The summed E-state index contributed by atoms with van der Waals surface area (Å²) in [6, 6.07) is 5.51. The Morgan fingerprint density at radius 1 is 1.53 bits per heavy atom. The van der Waals surface area contributed by atoms with Gasteiger partial charge in [-0.25, -0.2) is 9.67 Å². The summed E-state index contributed by atoms with van der Waals surface area (Å²) in [5.41, 5.74) is 7.06. The molecule has 6 nitrogen and oxygen atoms in total. The van der Waals surface area contributed by atoms with Crippen molar-refractivity contribution in [2.75, 3.05) is 7.11 Å². The molecule has 1 heterocycles. The number of nitrogen functional groups attached to an aromatic ring is 1. The minimum Gasteiger partial charge on any atom is -0.496 e. The number of amidine groups is 1. The van der Waals surface area contributed by atoms with E-state index in [1.54, 1.807) is 24.2 Å². The summed E-state index contributed by atoms with van der Waals surface area (Å²) in [6.45, 7) is 0.606. The molecule has 6 heteroatoms. The van der Waals surface area contributed by atoms with Crippen molar-refractivity contribution < 1.29 is 4.74 Å². The van der Waals surface area contributed by atoms with Crippen LogP contribution < -0.4 is 10.5 Å². The Balaban J connectivity index is 2.28. The van der Waals surface area contributed by atoms with Gasteiger partial charge in [0.1, 0.15) is 24.2 Å². The minimum atomic E-state index is -0.00541. The molecule has 0 spiro atoms. The van der Waals surface area contributed by atoms with Crippen LogP contribution in [0.3, 0.4) is 0 Å². The number of ether oxygens (including phenoxy) is 1. The van der Waals surface area contributed by atoms with Crippen molar-refractivity contribution in [2.24, 2.45) is 5.73 Å². The molecule has 1 aromatic carbocycles. The Morgan fingerprint density at radius 3 is 2.94 bits per heavy atom. The van der Waals surface area contributed by atoms with E-state index in [4.69, 9.17) is 15.9 Å². The third kappa shape index (κ3) is 2.41. The Bertz CT molecular complexity index is 521. The SMILES string of the molecule is COc1cc(Cn2cncn2)ccc1C(=N)N. The molecule has 2 rings (SSSR count). The predicted octanol–water partition coefficient (Wildman–Crippen LogP) is 0.619. The van der Waals surface area contributed by atoms with Crippen LogP contribution in [0.2, 0.25) is 0 Å². The molecule has 0 aliphatic carbocycles. The van der Waals surface area contributed by atoms with Crippen molar-refractivity contribution >= 4 is 5.84 Å². The van der Waals surface area contributed by atoms with Crippen LogP contribution in [0.1, 0.15) is 11.1 Å². The normalized spacial score (nSPS) is 10.2. The number of benzene rings is 1. The van der Waals surface area contributed by atoms with E-state index in [0.717, 1.165) is 5.56 Å². The molecule has 0 unspecified atom stereocenters. The molecule has 17 heavy (non-hydrogen) atoms. The largest absolute Gasteiger partial charge is 0.496 e. The first kappa shape index (κ1) is 11.1. The quantitative estimate of drug-likeness (QED) is 0.596. The van der Waals surface area contributed by atoms with Gasteiger partial charge in [0.05, 0.1) is 19.2 Å². The van der Waals surface area contributed by atoms with Crippen LogP contribution in [0.5, 0.6) is 5.75 Å². The molecule has 3 N–H and O–H groups in total. The summed E-state index contributed by atoms with van der Waals surface area (Å²) in [7, 11) is 1.56. The van der Waals surface area contributed by atoms with E-state index in [1.165, 1.54) is 6.33 Å². The molecule has 0 atom stereocenters. The highest BCUT2D eigenvalue weighted by Gasteiger charge is 2.07. The smallest absolute Gasteiger partial charge is 0.137 e. The van der Waals surface area contributed by atoms with Crippen LogP contribution in [-0.4, -0.2) is 27.7 Å². The lowest BCUT2D eigenvalue weighted by Crippen LogP contribution is -2.13. The number of nitrogens with two attached hydrogens (primary N) is 1. The monoisotopic (exact) mass is 231 g/mol. The third-order valence-electron chi connectivity index (χ3n) is 2.37. The highest BCUT2D eigenvalue weighted by molar-refractivity contribution is 5.97. The standard InChI is InChI=1S/C11H13N5O/c1-17-10-4-8(2-3-9(10)11(12)13)5-16-7-14-6-15-16/h2-4,6-7H,5H2,1H3,(H3,12,13). The van der Waals surface area contributed by atoms with Crippen molar-refractivity contribution in [3.05, 3.63) is 42.0 Å². The van der Waals surface area contributed by atoms with Crippen LogP contribution in [0, 0.1) is 5.41 Å². The first-order valence-corrected chi connectivity index (χ1v) is 5.04. The van der Waals surface area contributed by atoms with Gasteiger partial charge in [-0.15, -0.1) is 0 Å². The second kappa shape index (κ2) is 4.65. The summed E-state index contributed by atoms with van der Waals surface area (Å²) in [4.78, 5) is 3.87. The highest BCUT2D eigenvalue weighted by atomic mass is 16.5. The van der Waals surface area contributed by atoms with Gasteiger partial charge >= 0.3 is 0 Å². The fraction of sp³-hybridized carbons (Fsp3) is 0.182. The molecule has 0 saturated heterocycles. The van der Waals surface area contributed by atoms with Crippen molar-refractivity contribution in [2.45, 2.75) is 6.54 Å². The Hall–Kier alpha value is -2.37. The van der Waals surface area contributed by atoms with Crippen molar-refractivity contribution in [1.82, 2.24) is 14.8 Å². The summed E-state index contributed by atoms with van der Waals surface area (Å²) < 4.78 is 6.91. The van der Waals surface area contributed by atoms with Crippen LogP contribution in [0.25, 0.3) is 0 Å². The fourth-order valence-corrected chi connectivity index (χ4v) is 1.56. The molecular formula is C11H13N5O. The van der Waals surface area contributed by atoms with Gasteiger partial charge in [0, 0.05) is 0 Å². The summed E-state index contributed by atoms with van der Waals surface area (Å²) >= 11 is 0. The maximum absolute atomic E-state index is 7.42. The highest BCUT2D eigenvalue weighted by Crippen LogP contribution is 2.20. The zero-order valence-corrected chi connectivity index (χ0v) is 9.42. The lowest BCUT2D eigenvalue weighted by molar-refractivity contribution is 0.413. The topological polar surface area (TPSA) is 89.8 Å². The molecule has 0 saturated carbocycles. The van der Waals surface area contributed by atoms with Crippen molar-refractivity contribution in [3.63, 3.8) is 0 Å². The van der Waals surface area contributed by atoms with E-state index in [2.05, 4.69) is 10.1 Å². The minimum absolute atomic E-state index is 0.00541. The van der Waals surface area contributed by atoms with Crippen LogP contribution >= 0.6 is 0 Å². The Kier molecular flexibility index (Phi) is 3.04. The average molecular weight is 231 g/mol. The molecule has 0 aliphatic rings. The van der Waals surface area contributed by atoms with Crippen LogP contribution in [0.15, 0.2) is 30.9 Å². The number of hydrogen-bond acceptors (Lipinski definition) is 4. The van der Waals surface area contributed by atoms with Crippen LogP contribution in [-0.2, 0) is 6.54 Å². The third-order valence-corrected chi connectivity index (χ3v) is 2.37. The molecule has 2 aromatic rings. The van der Waals surface area contributed by atoms with Crippen LogP contribution in [0.4, 0.5) is 0 Å². The van der Waals surface area contributed by atoms with E-state index in [1.807, 2.05) is 12.1 Å². The lowest BCUT2D eigenvalue weighted by Gasteiger charge is -2.09. The van der Waals surface area contributed by atoms with Gasteiger partial charge in [-0.2, -0.15) is 5.10 Å². The van der Waals surface area contributed by atoms with E-state index >= 15 is 0 Å². The maximum atomic E-state index is 7.42. The fourth-order valence-electron chi connectivity index (χ4n) is 1.56. The van der Waals surface area contributed by atoms with E-state index in [0.29, 0.717) is 17.9 Å². The number of nitrogens with zero attached hydrogens (tertiary/aromatic N) is 3. The molecule has 1 aromatic heterocycles. The predicted molar refractivity (Wildman–Crippen MR) is 63.1 cm³/mol. The number of nitrogens with one attached hydrogen (secondary N) is 1. The lowest BCUT2D eigenvalue weighted by atomic mass is 10.1. The second-order valence-electron chi connectivity index (χ2n) is 3.54. The first-order chi connectivity index (χ1) is 8.20. The average Bonchev–Trinajstić information content (AvgIpc) is 2.81. The van der Waals surface area contributed by atoms with Gasteiger partial charge in [0.25, 0.3) is 0 Å². The van der Waals surface area contributed by atoms with E-state index in [-0.39, 0.29) is 5.84 Å². The summed E-state index contributed by atoms with van der Waals surface area (Å²) in [5.74, 6) is 0.587. The van der Waals surface area contributed by atoms with Gasteiger partial charge in [0.2, 0.25) is 0 Å². The zero-order valence-electron chi connectivity index (χ0n) is 9.42. The van der Waals surface area contributed by atoms with Crippen molar-refractivity contribution in [3.8, 4) is 5.75 Å². The van der Waals surface area contributed by atoms with Crippen molar-refractivity contribution in [1.29, 1.82) is 5.41 Å². The van der Waals surface area contributed by atoms with Gasteiger partial charge in [-0.3, -0.25) is 5.41 Å². The second-order valence-corrected chi connectivity index (χ2v) is 3.54. The van der Waals surface area contributed by atoms with Gasteiger partial charge in [0.15, 0.2) is 0 Å². The number of rotatable bonds is 4. The van der Waals surface area contributed by atoms with Gasteiger partial charge < -0.3 is 10.5 Å². The summed E-state index contributed by atoms with van der Waals surface area (Å²) in [6.07, 6.45) is 3.13. The maximum Gasteiger partial charge on any atom is 0.137 e. The van der Waals surface area contributed by atoms with Gasteiger partial charge in [-0.05, 0) is 17.7 Å². The van der Waals surface area contributed by atoms with Gasteiger partial charge in [-0.1, -0.05) is 6.07 Å². The molecule has 0 aliphatic heterocycles. The molecule has 0 radical (unpaired) electrons. The first-order valence-electron chi connectivity index (χ1n) is 5.04.